The molecule has 0 amide bonds. The van der Waals surface area contributed by atoms with E-state index in [2.05, 4.69) is 181 Å². The molecule has 0 aliphatic heterocycles. The van der Waals surface area contributed by atoms with Crippen LogP contribution in [0, 0.1) is 0 Å². The van der Waals surface area contributed by atoms with Gasteiger partial charge in [-0.25, -0.2) is 0 Å². The fourth-order valence-corrected chi connectivity index (χ4v) is 6.03. The minimum Gasteiger partial charge on any atom is -0.150 e. The van der Waals surface area contributed by atoms with Crippen LogP contribution in [0.1, 0.15) is 52.7 Å². The maximum absolute atomic E-state index is 4.84. The summed E-state index contributed by atoms with van der Waals surface area (Å²) in [5, 5.41) is 9.61. The third-order valence-electron chi connectivity index (χ3n) is 9.08. The molecule has 0 spiro atoms. The van der Waals surface area contributed by atoms with Gasteiger partial charge in [0.15, 0.2) is 0 Å². The number of rotatable bonds is 5. The first-order valence-electron chi connectivity index (χ1n) is 16.4. The highest BCUT2D eigenvalue weighted by atomic mass is 15.5. The SMILES string of the molecule is CC(C)(C)c1ccc(-c2ccc(-c3ccc(-n4nc5ccc(-c6ccc(-c7ccc(C(C)(C)C)cc7)cc6)cc5n4)cc3)cc2)cc1. The summed E-state index contributed by atoms with van der Waals surface area (Å²) < 4.78 is 0. The van der Waals surface area contributed by atoms with E-state index >= 15 is 0 Å². The molecule has 0 atom stereocenters. The first-order chi connectivity index (χ1) is 22.5. The monoisotopic (exact) mass is 611 g/mol. The molecule has 47 heavy (non-hydrogen) atoms. The van der Waals surface area contributed by atoms with Gasteiger partial charge in [0.1, 0.15) is 11.0 Å². The second-order valence-electron chi connectivity index (χ2n) is 14.5. The molecule has 6 aromatic carbocycles. The average molecular weight is 612 g/mol. The molecule has 1 aromatic heterocycles. The van der Waals surface area contributed by atoms with E-state index in [4.69, 9.17) is 10.2 Å². The molecule has 7 aromatic rings. The third-order valence-corrected chi connectivity index (χ3v) is 9.08. The van der Waals surface area contributed by atoms with E-state index in [1.165, 1.54) is 38.9 Å². The van der Waals surface area contributed by atoms with E-state index in [1.807, 2.05) is 0 Å². The Hall–Kier alpha value is -5.28. The summed E-state index contributed by atoms with van der Waals surface area (Å²) in [6.45, 7) is 13.5. The van der Waals surface area contributed by atoms with Gasteiger partial charge in [0.2, 0.25) is 0 Å². The molecule has 3 heteroatoms. The number of benzene rings is 6. The highest BCUT2D eigenvalue weighted by molar-refractivity contribution is 5.82. The molecule has 1 heterocycles. The van der Waals surface area contributed by atoms with Crippen molar-refractivity contribution in [1.29, 1.82) is 0 Å². The van der Waals surface area contributed by atoms with Crippen molar-refractivity contribution in [3.8, 4) is 50.2 Å². The Morgan fingerprint density at radius 3 is 1.02 bits per heavy atom. The maximum atomic E-state index is 4.84. The molecule has 0 saturated carbocycles. The van der Waals surface area contributed by atoms with E-state index in [0.717, 1.165) is 33.4 Å². The van der Waals surface area contributed by atoms with Crippen LogP contribution < -0.4 is 0 Å². The summed E-state index contributed by atoms with van der Waals surface area (Å²) in [6.07, 6.45) is 0. The van der Waals surface area contributed by atoms with Crippen LogP contribution in [0.15, 0.2) is 140 Å². The minimum absolute atomic E-state index is 0.153. The van der Waals surface area contributed by atoms with Crippen molar-refractivity contribution in [1.82, 2.24) is 15.0 Å². The van der Waals surface area contributed by atoms with Gasteiger partial charge in [0.25, 0.3) is 0 Å². The molecule has 0 aliphatic rings. The second-order valence-corrected chi connectivity index (χ2v) is 14.5. The lowest BCUT2D eigenvalue weighted by Crippen LogP contribution is -2.10. The fraction of sp³-hybridized carbons (Fsp3) is 0.182. The Morgan fingerprint density at radius 2 is 0.638 bits per heavy atom. The number of hydrogen-bond acceptors (Lipinski definition) is 2. The summed E-state index contributed by atoms with van der Waals surface area (Å²) in [6, 6.07) is 50.1. The molecule has 0 saturated heterocycles. The molecular weight excluding hydrogens is 571 g/mol. The topological polar surface area (TPSA) is 30.7 Å². The standard InChI is InChI=1S/C44H41N3/c1-43(2,3)38-22-15-33(16-23-38)30-7-9-32(10-8-30)35-19-26-40(27-20-35)47-45-41-28-21-37(29-42(41)46-47)36-13-11-31(12-14-36)34-17-24-39(25-18-34)44(4,5)6/h7-29H,1-6H3. The molecule has 0 radical (unpaired) electrons. The third kappa shape index (κ3) is 6.39. The van der Waals surface area contributed by atoms with Crippen molar-refractivity contribution in [3.63, 3.8) is 0 Å². The van der Waals surface area contributed by atoms with Crippen LogP contribution in [-0.2, 0) is 10.8 Å². The van der Waals surface area contributed by atoms with Crippen molar-refractivity contribution in [2.45, 2.75) is 52.4 Å². The quantitative estimate of drug-likeness (QED) is 0.194. The second kappa shape index (κ2) is 11.8. The fourth-order valence-electron chi connectivity index (χ4n) is 6.03. The van der Waals surface area contributed by atoms with Crippen molar-refractivity contribution < 1.29 is 0 Å². The maximum Gasteiger partial charge on any atom is 0.114 e. The van der Waals surface area contributed by atoms with Crippen LogP contribution in [0.2, 0.25) is 0 Å². The van der Waals surface area contributed by atoms with Crippen LogP contribution in [-0.4, -0.2) is 15.0 Å². The zero-order chi connectivity index (χ0) is 32.8. The number of hydrogen-bond donors (Lipinski definition) is 0. The molecule has 232 valence electrons. The largest absolute Gasteiger partial charge is 0.150 e. The van der Waals surface area contributed by atoms with Crippen LogP contribution in [0.4, 0.5) is 0 Å². The number of fused-ring (bicyclic) bond motifs is 1. The number of nitrogens with zero attached hydrogens (tertiary/aromatic N) is 3. The van der Waals surface area contributed by atoms with E-state index in [1.54, 1.807) is 4.80 Å². The molecular formula is C44H41N3. The summed E-state index contributed by atoms with van der Waals surface area (Å²) in [4.78, 5) is 1.73. The smallest absolute Gasteiger partial charge is 0.114 e. The Bertz CT molecular complexity index is 2140. The van der Waals surface area contributed by atoms with Gasteiger partial charge in [-0.3, -0.25) is 0 Å². The Morgan fingerprint density at radius 1 is 0.340 bits per heavy atom. The lowest BCUT2D eigenvalue weighted by molar-refractivity contribution is 0.590. The van der Waals surface area contributed by atoms with E-state index < -0.39 is 0 Å². The van der Waals surface area contributed by atoms with Gasteiger partial charge in [-0.2, -0.15) is 4.80 Å². The lowest BCUT2D eigenvalue weighted by Gasteiger charge is -2.19. The van der Waals surface area contributed by atoms with Gasteiger partial charge in [0, 0.05) is 0 Å². The van der Waals surface area contributed by atoms with Crippen LogP contribution >= 0.6 is 0 Å². The minimum atomic E-state index is 0.153. The van der Waals surface area contributed by atoms with Crippen LogP contribution in [0.3, 0.4) is 0 Å². The summed E-state index contributed by atoms with van der Waals surface area (Å²) in [7, 11) is 0. The van der Waals surface area contributed by atoms with Gasteiger partial charge in [-0.05, 0) is 90.7 Å². The van der Waals surface area contributed by atoms with Gasteiger partial charge in [-0.1, -0.05) is 157 Å². The van der Waals surface area contributed by atoms with Gasteiger partial charge >= 0.3 is 0 Å². The van der Waals surface area contributed by atoms with Gasteiger partial charge < -0.3 is 0 Å². The summed E-state index contributed by atoms with van der Waals surface area (Å²) in [5.74, 6) is 0. The van der Waals surface area contributed by atoms with Crippen LogP contribution in [0.5, 0.6) is 0 Å². The Kier molecular flexibility index (Phi) is 7.64. The molecule has 0 bridgehead atoms. The van der Waals surface area contributed by atoms with Gasteiger partial charge in [-0.15, -0.1) is 10.2 Å². The summed E-state index contributed by atoms with van der Waals surface area (Å²) in [5.41, 5.74) is 15.2. The molecule has 0 N–H and O–H groups in total. The number of aromatic nitrogens is 3. The van der Waals surface area contributed by atoms with Crippen LogP contribution in [0.25, 0.3) is 61.2 Å². The van der Waals surface area contributed by atoms with E-state index in [9.17, 15) is 0 Å². The molecule has 0 unspecified atom stereocenters. The zero-order valence-electron chi connectivity index (χ0n) is 28.1. The molecule has 7 rings (SSSR count). The Labute approximate surface area is 278 Å². The van der Waals surface area contributed by atoms with E-state index in [0.29, 0.717) is 0 Å². The molecule has 3 nitrogen and oxygen atoms in total. The summed E-state index contributed by atoms with van der Waals surface area (Å²) >= 11 is 0. The molecule has 0 fully saturated rings. The van der Waals surface area contributed by atoms with Gasteiger partial charge in [0.05, 0.1) is 5.69 Å². The normalized spacial score (nSPS) is 12.0. The van der Waals surface area contributed by atoms with Crippen molar-refractivity contribution >= 4 is 11.0 Å². The molecule has 0 aliphatic carbocycles. The van der Waals surface area contributed by atoms with E-state index in [-0.39, 0.29) is 10.8 Å². The predicted molar refractivity (Wildman–Crippen MR) is 198 cm³/mol. The average Bonchev–Trinajstić information content (AvgIpc) is 3.52. The Balaban J connectivity index is 1.06. The highest BCUT2D eigenvalue weighted by Crippen LogP contribution is 2.31. The highest BCUT2D eigenvalue weighted by Gasteiger charge is 2.14. The first kappa shape index (κ1) is 30.4. The predicted octanol–water partition coefficient (Wildman–Crippen LogP) is 11.7. The first-order valence-corrected chi connectivity index (χ1v) is 16.4. The zero-order valence-corrected chi connectivity index (χ0v) is 28.1. The lowest BCUT2D eigenvalue weighted by atomic mass is 9.86. The van der Waals surface area contributed by atoms with Crippen molar-refractivity contribution in [2.75, 3.05) is 0 Å². The van der Waals surface area contributed by atoms with Crippen molar-refractivity contribution in [3.05, 3.63) is 151 Å². The van der Waals surface area contributed by atoms with Crippen molar-refractivity contribution in [2.24, 2.45) is 0 Å².